The summed E-state index contributed by atoms with van der Waals surface area (Å²) in [6.07, 6.45) is 4.53. The Morgan fingerprint density at radius 3 is 2.35 bits per heavy atom. The second-order valence-electron chi connectivity index (χ2n) is 9.73. The smallest absolute Gasteiger partial charge is 0.269 e. The quantitative estimate of drug-likeness (QED) is 0.224. The van der Waals surface area contributed by atoms with Gasteiger partial charge in [-0.05, 0) is 56.5 Å². The molecule has 0 saturated heterocycles. The average Bonchev–Trinajstić information content (AvgIpc) is 3.66. The highest BCUT2D eigenvalue weighted by molar-refractivity contribution is 7.90. The summed E-state index contributed by atoms with van der Waals surface area (Å²) < 4.78 is 58.1. The number of nitro benzene ring substituents is 1. The van der Waals surface area contributed by atoms with Crippen LogP contribution >= 0.6 is 0 Å². The van der Waals surface area contributed by atoms with Gasteiger partial charge in [0.2, 0.25) is 10.0 Å². The number of fused-ring (bicyclic) bond motifs is 3. The van der Waals surface area contributed by atoms with Crippen molar-refractivity contribution in [3.8, 4) is 0 Å². The van der Waals surface area contributed by atoms with Crippen molar-refractivity contribution in [2.45, 2.75) is 47.9 Å². The molecule has 0 bridgehead atoms. The molecule has 1 fully saturated rings. The Bertz CT molecular complexity index is 1980. The number of rotatable bonds is 7. The highest BCUT2D eigenvalue weighted by Gasteiger charge is 2.33. The minimum Gasteiger partial charge on any atom is -0.274 e. The monoisotopic (exact) mass is 581 g/mol. The summed E-state index contributed by atoms with van der Waals surface area (Å²) in [6, 6.07) is 12.5. The van der Waals surface area contributed by atoms with Crippen molar-refractivity contribution in [1.82, 2.24) is 28.3 Å². The number of nitrogens with one attached hydrogen (secondary N) is 1. The van der Waals surface area contributed by atoms with Crippen molar-refractivity contribution in [1.29, 1.82) is 0 Å². The number of nitro groups is 1. The Hall–Kier alpha value is -4.21. The molecule has 0 unspecified atom stereocenters. The Labute approximate surface area is 228 Å². The third-order valence-corrected chi connectivity index (χ3v) is 10.3. The summed E-state index contributed by atoms with van der Waals surface area (Å²) in [7, 11) is -7.79. The number of nitrogens with zero attached hydrogens (tertiary/aromatic N) is 6. The van der Waals surface area contributed by atoms with E-state index in [0.29, 0.717) is 36.3 Å². The van der Waals surface area contributed by atoms with E-state index >= 15 is 0 Å². The van der Waals surface area contributed by atoms with Crippen LogP contribution in [-0.2, 0) is 20.0 Å². The standard InChI is InChI=1S/C25H23N7O6S2/c1-16-2-8-21(9-3-16)40(37,38)30-13-12-22-25(30)26-15-23-27-28-24(31(22)23)17-4-5-18(14-17)29-39(35,36)20-10-6-19(7-11-20)32(33)34/h2-3,6-13,15,17-18,29H,4-5,14H2,1H3/t17-,18+/m1/s1. The molecule has 0 amide bonds. The lowest BCUT2D eigenvalue weighted by Crippen LogP contribution is -2.33. The Kier molecular flexibility index (Phi) is 6.16. The summed E-state index contributed by atoms with van der Waals surface area (Å²) in [5, 5.41) is 19.5. The molecule has 0 spiro atoms. The van der Waals surface area contributed by atoms with Crippen LogP contribution < -0.4 is 4.72 Å². The number of non-ortho nitro benzene ring substituents is 1. The van der Waals surface area contributed by atoms with Gasteiger partial charge in [-0.25, -0.2) is 30.5 Å². The van der Waals surface area contributed by atoms with Gasteiger partial charge in [-0.2, -0.15) is 0 Å². The molecule has 0 aliphatic heterocycles. The topological polar surface area (TPSA) is 171 Å². The molecular weight excluding hydrogens is 558 g/mol. The number of hydrogen-bond acceptors (Lipinski definition) is 9. The minimum atomic E-state index is -3.90. The molecule has 40 heavy (non-hydrogen) atoms. The molecule has 1 saturated carbocycles. The van der Waals surface area contributed by atoms with Crippen LogP contribution in [0.5, 0.6) is 0 Å². The van der Waals surface area contributed by atoms with Gasteiger partial charge in [0.15, 0.2) is 11.3 Å². The minimum absolute atomic E-state index is 0.0570. The summed E-state index contributed by atoms with van der Waals surface area (Å²) in [4.78, 5) is 14.7. The third-order valence-electron chi connectivity index (χ3n) is 7.12. The summed E-state index contributed by atoms with van der Waals surface area (Å²) in [6.45, 7) is 1.88. The molecule has 3 aromatic heterocycles. The van der Waals surface area contributed by atoms with Crippen molar-refractivity contribution in [3.05, 3.63) is 88.5 Å². The first kappa shape index (κ1) is 26.0. The van der Waals surface area contributed by atoms with E-state index in [4.69, 9.17) is 0 Å². The molecule has 3 heterocycles. The second kappa shape index (κ2) is 9.46. The summed E-state index contributed by atoms with van der Waals surface area (Å²) in [5.41, 5.74) is 1.93. The lowest BCUT2D eigenvalue weighted by atomic mass is 10.1. The fourth-order valence-corrected chi connectivity index (χ4v) is 7.67. The Morgan fingerprint density at radius 1 is 0.950 bits per heavy atom. The number of aromatic nitrogens is 5. The highest BCUT2D eigenvalue weighted by atomic mass is 32.2. The maximum absolute atomic E-state index is 13.4. The fraction of sp³-hybridized carbons (Fsp3) is 0.240. The van der Waals surface area contributed by atoms with E-state index in [1.54, 1.807) is 34.7 Å². The van der Waals surface area contributed by atoms with E-state index in [9.17, 15) is 26.9 Å². The zero-order chi connectivity index (χ0) is 28.2. The molecular formula is C25H23N7O6S2. The molecule has 13 nitrogen and oxygen atoms in total. The largest absolute Gasteiger partial charge is 0.274 e. The molecule has 6 rings (SSSR count). The van der Waals surface area contributed by atoms with Gasteiger partial charge in [0.25, 0.3) is 15.7 Å². The van der Waals surface area contributed by atoms with Crippen LogP contribution in [-0.4, -0.2) is 51.4 Å². The number of aryl methyl sites for hydroxylation is 1. The normalized spacial score (nSPS) is 18.0. The molecule has 1 aliphatic carbocycles. The van der Waals surface area contributed by atoms with Crippen molar-refractivity contribution in [2.75, 3.05) is 0 Å². The van der Waals surface area contributed by atoms with Crippen LogP contribution in [0.1, 0.15) is 36.6 Å². The van der Waals surface area contributed by atoms with E-state index in [1.165, 1.54) is 24.5 Å². The van der Waals surface area contributed by atoms with Gasteiger partial charge in [-0.3, -0.25) is 14.5 Å². The summed E-state index contributed by atoms with van der Waals surface area (Å²) >= 11 is 0. The van der Waals surface area contributed by atoms with E-state index in [-0.39, 0.29) is 33.1 Å². The van der Waals surface area contributed by atoms with Crippen molar-refractivity contribution in [3.63, 3.8) is 0 Å². The van der Waals surface area contributed by atoms with Crippen LogP contribution in [0.2, 0.25) is 0 Å². The first-order chi connectivity index (χ1) is 19.0. The van der Waals surface area contributed by atoms with E-state index in [0.717, 1.165) is 21.7 Å². The predicted molar refractivity (Wildman–Crippen MR) is 144 cm³/mol. The van der Waals surface area contributed by atoms with Crippen molar-refractivity contribution in [2.24, 2.45) is 0 Å². The number of hydrogen-bond donors (Lipinski definition) is 1. The van der Waals surface area contributed by atoms with Crippen LogP contribution in [0.3, 0.4) is 0 Å². The summed E-state index contributed by atoms with van der Waals surface area (Å²) in [5.74, 6) is 0.437. The number of sulfonamides is 1. The van der Waals surface area contributed by atoms with Gasteiger partial charge < -0.3 is 0 Å². The van der Waals surface area contributed by atoms with E-state index < -0.39 is 25.0 Å². The molecule has 2 aromatic carbocycles. The van der Waals surface area contributed by atoms with E-state index in [1.807, 2.05) is 6.92 Å². The van der Waals surface area contributed by atoms with Gasteiger partial charge in [0, 0.05) is 30.3 Å². The first-order valence-corrected chi connectivity index (χ1v) is 15.3. The molecule has 1 N–H and O–H groups in total. The zero-order valence-corrected chi connectivity index (χ0v) is 22.7. The van der Waals surface area contributed by atoms with Crippen molar-refractivity contribution >= 4 is 42.5 Å². The molecule has 15 heteroatoms. The van der Waals surface area contributed by atoms with Crippen LogP contribution in [0, 0.1) is 17.0 Å². The van der Waals surface area contributed by atoms with Gasteiger partial charge in [-0.1, -0.05) is 17.7 Å². The molecule has 2 atom stereocenters. The number of benzene rings is 2. The van der Waals surface area contributed by atoms with E-state index in [2.05, 4.69) is 19.9 Å². The van der Waals surface area contributed by atoms with Crippen LogP contribution in [0.4, 0.5) is 5.69 Å². The molecule has 1 aliphatic rings. The van der Waals surface area contributed by atoms with Gasteiger partial charge in [0.1, 0.15) is 5.82 Å². The SMILES string of the molecule is Cc1ccc(S(=O)(=O)n2ccc3c2ncc2nnc([C@@H]4CC[C@H](NS(=O)(=O)c5ccc([N+](=O)[O-])cc5)C4)n23)cc1. The van der Waals surface area contributed by atoms with Crippen molar-refractivity contribution < 1.29 is 21.8 Å². The maximum atomic E-state index is 13.4. The maximum Gasteiger partial charge on any atom is 0.269 e. The second-order valence-corrected chi connectivity index (χ2v) is 13.3. The van der Waals surface area contributed by atoms with Gasteiger partial charge >= 0.3 is 0 Å². The Morgan fingerprint density at radius 2 is 1.65 bits per heavy atom. The first-order valence-electron chi connectivity index (χ1n) is 12.3. The fourth-order valence-electron chi connectivity index (χ4n) is 5.09. The third kappa shape index (κ3) is 4.41. The molecule has 0 radical (unpaired) electrons. The Balaban J connectivity index is 1.29. The molecule has 5 aromatic rings. The predicted octanol–water partition coefficient (Wildman–Crippen LogP) is 3.15. The van der Waals surface area contributed by atoms with Crippen LogP contribution in [0.25, 0.3) is 16.8 Å². The molecule has 206 valence electrons. The van der Waals surface area contributed by atoms with Gasteiger partial charge in [-0.15, -0.1) is 10.2 Å². The van der Waals surface area contributed by atoms with Crippen LogP contribution in [0.15, 0.2) is 76.8 Å². The zero-order valence-electron chi connectivity index (χ0n) is 21.1. The highest BCUT2D eigenvalue weighted by Crippen LogP contribution is 2.35. The van der Waals surface area contributed by atoms with Gasteiger partial charge in [0.05, 0.1) is 26.4 Å². The average molecular weight is 582 g/mol. The lowest BCUT2D eigenvalue weighted by molar-refractivity contribution is -0.384. The lowest BCUT2D eigenvalue weighted by Gasteiger charge is -2.14.